The zero-order chi connectivity index (χ0) is 14.5. The minimum absolute atomic E-state index is 0.131. The highest BCUT2D eigenvalue weighted by atomic mass is 29.3. The molecule has 2 unspecified atom stereocenters. The molecule has 2 atom stereocenters. The Kier molecular flexibility index (Phi) is 5.58. The second-order valence-corrected chi connectivity index (χ2v) is 21.4. The molecule has 0 aliphatic carbocycles. The number of hydrogen-bond acceptors (Lipinski definition) is 5. The fraction of sp³-hybridized carbons (Fsp3) is 0.833. The average molecular weight is 298 g/mol. The van der Waals surface area contributed by atoms with Crippen LogP contribution in [0, 0.1) is 0 Å². The van der Waals surface area contributed by atoms with E-state index in [9.17, 15) is 9.59 Å². The van der Waals surface area contributed by atoms with Gasteiger partial charge in [0.25, 0.3) is 0 Å². The Labute approximate surface area is 116 Å². The predicted octanol–water partition coefficient (Wildman–Crippen LogP) is 2.20. The van der Waals surface area contributed by atoms with Crippen LogP contribution in [0.4, 0.5) is 0 Å². The van der Waals surface area contributed by atoms with Crippen molar-refractivity contribution in [2.24, 2.45) is 9.98 Å². The van der Waals surface area contributed by atoms with Crippen LogP contribution in [-0.4, -0.2) is 46.3 Å². The van der Waals surface area contributed by atoms with Crippen LogP contribution in [-0.2, 0) is 14.0 Å². The van der Waals surface area contributed by atoms with E-state index in [1.807, 2.05) is 0 Å². The van der Waals surface area contributed by atoms with Crippen molar-refractivity contribution >= 4 is 27.6 Å². The van der Waals surface area contributed by atoms with Crippen molar-refractivity contribution in [2.75, 3.05) is 6.54 Å². The van der Waals surface area contributed by atoms with Gasteiger partial charge in [0, 0.05) is 6.10 Å². The van der Waals surface area contributed by atoms with Crippen molar-refractivity contribution in [2.45, 2.75) is 57.2 Å². The SMILES string of the molecule is C[Si]1(C)CCC(CC(CN=C=O)N=C=O)O[Si]1(C)C. The molecule has 0 spiro atoms. The first kappa shape index (κ1) is 16.2. The molecular weight excluding hydrogens is 276 g/mol. The van der Waals surface area contributed by atoms with Crippen LogP contribution in [0.2, 0.25) is 32.2 Å². The van der Waals surface area contributed by atoms with E-state index in [4.69, 9.17) is 4.43 Å². The number of carbonyl (C=O) groups excluding carboxylic acids is 2. The van der Waals surface area contributed by atoms with Gasteiger partial charge >= 0.3 is 0 Å². The standard InChI is InChI=1S/C12H22N2O3Si2/c1-18(2)6-5-12(17-19(18,3)4)7-11(14-10-16)8-13-9-15/h11-12H,5-8H2,1-4H3. The summed E-state index contributed by atoms with van der Waals surface area (Å²) in [6, 6.07) is 0.947. The molecule has 0 aromatic carbocycles. The third-order valence-corrected chi connectivity index (χ3v) is 20.9. The highest BCUT2D eigenvalue weighted by Crippen LogP contribution is 2.35. The Bertz CT molecular complexity index is 413. The molecule has 1 heterocycles. The summed E-state index contributed by atoms with van der Waals surface area (Å²) >= 11 is 0. The molecule has 0 amide bonds. The number of aliphatic imine (C=N–C) groups is 2. The molecule has 0 bridgehead atoms. The number of rotatable bonds is 5. The zero-order valence-corrected chi connectivity index (χ0v) is 14.1. The second kappa shape index (κ2) is 6.54. The van der Waals surface area contributed by atoms with Crippen molar-refractivity contribution in [1.29, 1.82) is 0 Å². The normalized spacial score (nSPS) is 25.8. The summed E-state index contributed by atoms with van der Waals surface area (Å²) in [4.78, 5) is 27.8. The lowest BCUT2D eigenvalue weighted by Crippen LogP contribution is -2.61. The van der Waals surface area contributed by atoms with Crippen molar-refractivity contribution in [3.05, 3.63) is 0 Å². The van der Waals surface area contributed by atoms with Gasteiger partial charge in [-0.25, -0.2) is 19.6 Å². The maximum atomic E-state index is 10.4. The third kappa shape index (κ3) is 4.33. The van der Waals surface area contributed by atoms with E-state index in [2.05, 4.69) is 36.2 Å². The quantitative estimate of drug-likeness (QED) is 0.444. The van der Waals surface area contributed by atoms with Crippen molar-refractivity contribution in [3.8, 4) is 0 Å². The van der Waals surface area contributed by atoms with E-state index in [0.717, 1.165) is 6.42 Å². The maximum Gasteiger partial charge on any atom is 0.235 e. The molecule has 0 aromatic heterocycles. The van der Waals surface area contributed by atoms with Crippen LogP contribution in [0.25, 0.3) is 0 Å². The first-order chi connectivity index (χ1) is 8.82. The Morgan fingerprint density at radius 2 is 1.95 bits per heavy atom. The van der Waals surface area contributed by atoms with Gasteiger partial charge in [-0.1, -0.05) is 19.1 Å². The monoisotopic (exact) mass is 298 g/mol. The van der Waals surface area contributed by atoms with E-state index in [-0.39, 0.29) is 18.7 Å². The highest BCUT2D eigenvalue weighted by molar-refractivity contribution is 7.38. The van der Waals surface area contributed by atoms with Gasteiger partial charge in [-0.3, -0.25) is 0 Å². The lowest BCUT2D eigenvalue weighted by Gasteiger charge is -2.46. The van der Waals surface area contributed by atoms with Gasteiger partial charge in [0.05, 0.1) is 20.2 Å². The summed E-state index contributed by atoms with van der Waals surface area (Å²) in [5.41, 5.74) is 0. The summed E-state index contributed by atoms with van der Waals surface area (Å²) in [7, 11) is -2.84. The molecule has 1 saturated heterocycles. The third-order valence-electron chi connectivity index (χ3n) is 4.32. The summed E-state index contributed by atoms with van der Waals surface area (Å²) in [6.07, 6.45) is 4.83. The Morgan fingerprint density at radius 1 is 1.26 bits per heavy atom. The summed E-state index contributed by atoms with van der Waals surface area (Å²) in [5, 5.41) is 0. The Hall–Kier alpha value is -0.846. The molecule has 0 saturated carbocycles. The van der Waals surface area contributed by atoms with Gasteiger partial charge in [0.15, 0.2) is 7.83 Å². The highest BCUT2D eigenvalue weighted by Gasteiger charge is 2.47. The molecule has 0 radical (unpaired) electrons. The number of isocyanates is 2. The first-order valence-corrected chi connectivity index (χ1v) is 13.7. The molecule has 1 aliphatic rings. The predicted molar refractivity (Wildman–Crippen MR) is 78.8 cm³/mol. The van der Waals surface area contributed by atoms with E-state index >= 15 is 0 Å². The minimum atomic E-state index is -1.61. The van der Waals surface area contributed by atoms with E-state index < -0.39 is 15.4 Å². The van der Waals surface area contributed by atoms with E-state index in [1.165, 1.54) is 12.1 Å². The van der Waals surface area contributed by atoms with Gasteiger partial charge in [-0.15, -0.1) is 0 Å². The zero-order valence-electron chi connectivity index (χ0n) is 12.1. The minimum Gasteiger partial charge on any atom is -0.417 e. The van der Waals surface area contributed by atoms with Crippen LogP contribution < -0.4 is 0 Å². The topological polar surface area (TPSA) is 68.1 Å². The van der Waals surface area contributed by atoms with Gasteiger partial charge in [-0.2, -0.15) is 0 Å². The van der Waals surface area contributed by atoms with Gasteiger partial charge in [-0.05, 0) is 25.9 Å². The van der Waals surface area contributed by atoms with Crippen LogP contribution in [0.5, 0.6) is 0 Å². The largest absolute Gasteiger partial charge is 0.417 e. The van der Waals surface area contributed by atoms with Gasteiger partial charge < -0.3 is 4.43 Å². The molecule has 19 heavy (non-hydrogen) atoms. The van der Waals surface area contributed by atoms with Crippen LogP contribution >= 0.6 is 0 Å². The summed E-state index contributed by atoms with van der Waals surface area (Å²) < 4.78 is 6.32. The van der Waals surface area contributed by atoms with Crippen molar-refractivity contribution in [1.82, 2.24) is 0 Å². The van der Waals surface area contributed by atoms with Crippen LogP contribution in [0.15, 0.2) is 9.98 Å². The molecule has 0 aromatic rings. The first-order valence-electron chi connectivity index (χ1n) is 6.61. The molecule has 1 aliphatic heterocycles. The summed E-state index contributed by atoms with van der Waals surface area (Å²) in [6.45, 7) is 9.56. The molecule has 5 nitrogen and oxygen atoms in total. The van der Waals surface area contributed by atoms with E-state index in [0.29, 0.717) is 6.42 Å². The molecular formula is C12H22N2O3Si2. The maximum absolute atomic E-state index is 10.4. The molecule has 7 heteroatoms. The number of hydrogen-bond donors (Lipinski definition) is 0. The van der Waals surface area contributed by atoms with Crippen LogP contribution in [0.1, 0.15) is 12.8 Å². The molecule has 0 N–H and O–H groups in total. The van der Waals surface area contributed by atoms with Crippen LogP contribution in [0.3, 0.4) is 0 Å². The number of nitrogens with zero attached hydrogens (tertiary/aromatic N) is 2. The van der Waals surface area contributed by atoms with Crippen molar-refractivity contribution < 1.29 is 14.0 Å². The smallest absolute Gasteiger partial charge is 0.235 e. The lowest BCUT2D eigenvalue weighted by atomic mass is 10.1. The van der Waals surface area contributed by atoms with Gasteiger partial charge in [0.2, 0.25) is 12.2 Å². The Balaban J connectivity index is 2.66. The average Bonchev–Trinajstić information content (AvgIpc) is 2.31. The van der Waals surface area contributed by atoms with Gasteiger partial charge in [0.1, 0.15) is 0 Å². The fourth-order valence-electron chi connectivity index (χ4n) is 2.31. The van der Waals surface area contributed by atoms with Crippen molar-refractivity contribution in [3.63, 3.8) is 0 Å². The second-order valence-electron chi connectivity index (χ2n) is 6.21. The lowest BCUT2D eigenvalue weighted by molar-refractivity contribution is 0.167. The molecule has 106 valence electrons. The molecule has 1 rings (SSSR count). The Morgan fingerprint density at radius 3 is 2.47 bits per heavy atom. The molecule has 1 fully saturated rings. The summed E-state index contributed by atoms with van der Waals surface area (Å²) in [5.74, 6) is 0. The fourth-order valence-corrected chi connectivity index (χ4v) is 9.02. The van der Waals surface area contributed by atoms with E-state index in [1.54, 1.807) is 6.08 Å².